The Hall–Kier alpha value is -2.49. The number of carbonyl (C=O) groups excluding carboxylic acids is 1. The molecule has 2 rings (SSSR count). The summed E-state index contributed by atoms with van der Waals surface area (Å²) in [6.07, 6.45) is 1.16. The van der Waals surface area contributed by atoms with Crippen molar-refractivity contribution < 1.29 is 9.53 Å². The highest BCUT2D eigenvalue weighted by atomic mass is 16.5. The van der Waals surface area contributed by atoms with E-state index in [-0.39, 0.29) is 5.91 Å². The highest BCUT2D eigenvalue weighted by Crippen LogP contribution is 2.20. The standard InChI is InChI=1S/C19H24N2O2/c1-2-21(15-16-9-4-3-5-10-16)19(22)13-8-14-23-18-12-7-6-11-17(18)20/h3-7,9-12H,2,8,13-15,20H2,1H3. The Morgan fingerprint density at radius 2 is 1.78 bits per heavy atom. The van der Waals surface area contributed by atoms with Gasteiger partial charge in [-0.05, 0) is 31.0 Å². The molecule has 0 radical (unpaired) electrons. The molecular weight excluding hydrogens is 288 g/mol. The number of amides is 1. The maximum atomic E-state index is 12.3. The lowest BCUT2D eigenvalue weighted by molar-refractivity contribution is -0.131. The smallest absolute Gasteiger partial charge is 0.222 e. The molecule has 0 aliphatic rings. The number of nitrogens with two attached hydrogens (primary N) is 1. The Kier molecular flexibility index (Phi) is 6.48. The summed E-state index contributed by atoms with van der Waals surface area (Å²) < 4.78 is 5.62. The van der Waals surface area contributed by atoms with Crippen LogP contribution >= 0.6 is 0 Å². The lowest BCUT2D eigenvalue weighted by atomic mass is 10.2. The monoisotopic (exact) mass is 312 g/mol. The van der Waals surface area contributed by atoms with Crippen LogP contribution in [0.4, 0.5) is 5.69 Å². The Morgan fingerprint density at radius 3 is 2.48 bits per heavy atom. The third kappa shape index (κ3) is 5.33. The minimum Gasteiger partial charge on any atom is -0.491 e. The molecule has 0 bridgehead atoms. The predicted octanol–water partition coefficient (Wildman–Crippen LogP) is 3.48. The lowest BCUT2D eigenvalue weighted by Crippen LogP contribution is -2.30. The summed E-state index contributed by atoms with van der Waals surface area (Å²) in [5, 5.41) is 0. The topological polar surface area (TPSA) is 55.6 Å². The van der Waals surface area contributed by atoms with Gasteiger partial charge >= 0.3 is 0 Å². The van der Waals surface area contributed by atoms with E-state index in [2.05, 4.69) is 0 Å². The summed E-state index contributed by atoms with van der Waals surface area (Å²) in [4.78, 5) is 14.2. The van der Waals surface area contributed by atoms with Crippen LogP contribution < -0.4 is 10.5 Å². The number of anilines is 1. The molecule has 4 heteroatoms. The molecule has 23 heavy (non-hydrogen) atoms. The first-order chi connectivity index (χ1) is 11.2. The number of carbonyl (C=O) groups is 1. The van der Waals surface area contributed by atoms with Crippen molar-refractivity contribution >= 4 is 11.6 Å². The zero-order valence-corrected chi connectivity index (χ0v) is 13.6. The minimum atomic E-state index is 0.154. The van der Waals surface area contributed by atoms with Gasteiger partial charge in [-0.15, -0.1) is 0 Å². The largest absolute Gasteiger partial charge is 0.491 e. The summed E-state index contributed by atoms with van der Waals surface area (Å²) in [7, 11) is 0. The van der Waals surface area contributed by atoms with E-state index < -0.39 is 0 Å². The highest BCUT2D eigenvalue weighted by Gasteiger charge is 2.11. The molecule has 0 atom stereocenters. The minimum absolute atomic E-state index is 0.154. The van der Waals surface area contributed by atoms with Crippen molar-refractivity contribution in [3.63, 3.8) is 0 Å². The highest BCUT2D eigenvalue weighted by molar-refractivity contribution is 5.76. The predicted molar refractivity (Wildman–Crippen MR) is 93.1 cm³/mol. The van der Waals surface area contributed by atoms with E-state index >= 15 is 0 Å². The van der Waals surface area contributed by atoms with Crippen molar-refractivity contribution in [3.8, 4) is 5.75 Å². The number of benzene rings is 2. The lowest BCUT2D eigenvalue weighted by Gasteiger charge is -2.21. The summed E-state index contributed by atoms with van der Waals surface area (Å²) in [5.74, 6) is 0.831. The normalized spacial score (nSPS) is 10.3. The maximum Gasteiger partial charge on any atom is 0.222 e. The molecule has 2 N–H and O–H groups in total. The van der Waals surface area contributed by atoms with Gasteiger partial charge in [0, 0.05) is 19.5 Å². The second-order valence-electron chi connectivity index (χ2n) is 5.38. The van der Waals surface area contributed by atoms with Crippen LogP contribution in [0.3, 0.4) is 0 Å². The van der Waals surface area contributed by atoms with Gasteiger partial charge < -0.3 is 15.4 Å². The number of hydrogen-bond acceptors (Lipinski definition) is 3. The van der Waals surface area contributed by atoms with Crippen LogP contribution in [0.2, 0.25) is 0 Å². The number of rotatable bonds is 8. The van der Waals surface area contributed by atoms with Crippen molar-refractivity contribution in [1.29, 1.82) is 0 Å². The molecule has 2 aromatic rings. The van der Waals surface area contributed by atoms with Gasteiger partial charge in [0.05, 0.1) is 12.3 Å². The molecule has 2 aromatic carbocycles. The Labute approximate surface area is 137 Å². The summed E-state index contributed by atoms with van der Waals surface area (Å²) >= 11 is 0. The Bertz CT molecular complexity index is 614. The average Bonchev–Trinajstić information content (AvgIpc) is 2.58. The Balaban J connectivity index is 1.75. The molecule has 0 saturated carbocycles. The molecular formula is C19H24N2O2. The number of ether oxygens (including phenoxy) is 1. The van der Waals surface area contributed by atoms with E-state index in [0.717, 1.165) is 5.56 Å². The summed E-state index contributed by atoms with van der Waals surface area (Å²) in [6, 6.07) is 17.4. The first-order valence-corrected chi connectivity index (χ1v) is 7.99. The number of nitrogens with zero attached hydrogens (tertiary/aromatic N) is 1. The maximum absolute atomic E-state index is 12.3. The van der Waals surface area contributed by atoms with Crippen LogP contribution in [0, 0.1) is 0 Å². The second-order valence-corrected chi connectivity index (χ2v) is 5.38. The Morgan fingerprint density at radius 1 is 1.09 bits per heavy atom. The van der Waals surface area contributed by atoms with Crippen molar-refractivity contribution in [2.75, 3.05) is 18.9 Å². The van der Waals surface area contributed by atoms with Crippen LogP contribution in [0.5, 0.6) is 5.75 Å². The van der Waals surface area contributed by atoms with E-state index in [4.69, 9.17) is 10.5 Å². The molecule has 0 heterocycles. The van der Waals surface area contributed by atoms with Gasteiger partial charge in [0.2, 0.25) is 5.91 Å². The van der Waals surface area contributed by atoms with Crippen LogP contribution in [0.1, 0.15) is 25.3 Å². The van der Waals surface area contributed by atoms with E-state index in [0.29, 0.717) is 44.0 Å². The van der Waals surface area contributed by atoms with E-state index in [1.165, 1.54) is 0 Å². The zero-order chi connectivity index (χ0) is 16.5. The van der Waals surface area contributed by atoms with Gasteiger partial charge in [0.1, 0.15) is 5.75 Å². The quantitative estimate of drug-likeness (QED) is 0.600. The van der Waals surface area contributed by atoms with Gasteiger partial charge in [-0.25, -0.2) is 0 Å². The van der Waals surface area contributed by atoms with E-state index in [1.54, 1.807) is 6.07 Å². The van der Waals surface area contributed by atoms with E-state index in [9.17, 15) is 4.79 Å². The number of hydrogen-bond donors (Lipinski definition) is 1. The zero-order valence-electron chi connectivity index (χ0n) is 13.6. The average molecular weight is 312 g/mol. The molecule has 0 aliphatic carbocycles. The third-order valence-electron chi connectivity index (χ3n) is 3.66. The van der Waals surface area contributed by atoms with Gasteiger partial charge in [-0.3, -0.25) is 4.79 Å². The van der Waals surface area contributed by atoms with Crippen LogP contribution in [-0.4, -0.2) is 24.0 Å². The summed E-state index contributed by atoms with van der Waals surface area (Å²) in [5.41, 5.74) is 7.59. The van der Waals surface area contributed by atoms with Crippen molar-refractivity contribution in [2.45, 2.75) is 26.3 Å². The van der Waals surface area contributed by atoms with Crippen LogP contribution in [-0.2, 0) is 11.3 Å². The molecule has 0 aromatic heterocycles. The van der Waals surface area contributed by atoms with Gasteiger partial charge in [-0.1, -0.05) is 42.5 Å². The fourth-order valence-electron chi connectivity index (χ4n) is 2.36. The molecule has 0 saturated heterocycles. The first-order valence-electron chi connectivity index (χ1n) is 7.99. The van der Waals surface area contributed by atoms with Crippen molar-refractivity contribution in [1.82, 2.24) is 4.90 Å². The fraction of sp³-hybridized carbons (Fsp3) is 0.316. The molecule has 1 amide bonds. The molecule has 0 unspecified atom stereocenters. The van der Waals surface area contributed by atoms with Crippen LogP contribution in [0.25, 0.3) is 0 Å². The van der Waals surface area contributed by atoms with Crippen molar-refractivity contribution in [3.05, 3.63) is 60.2 Å². The van der Waals surface area contributed by atoms with Crippen LogP contribution in [0.15, 0.2) is 54.6 Å². The summed E-state index contributed by atoms with van der Waals surface area (Å²) in [6.45, 7) is 3.85. The number of nitrogen functional groups attached to an aromatic ring is 1. The van der Waals surface area contributed by atoms with Gasteiger partial charge in [0.15, 0.2) is 0 Å². The SMILES string of the molecule is CCN(Cc1ccccc1)C(=O)CCCOc1ccccc1N. The first kappa shape index (κ1) is 16.9. The van der Waals surface area contributed by atoms with E-state index in [1.807, 2.05) is 60.4 Å². The van der Waals surface area contributed by atoms with Crippen molar-refractivity contribution in [2.24, 2.45) is 0 Å². The molecule has 122 valence electrons. The molecule has 0 aliphatic heterocycles. The van der Waals surface area contributed by atoms with Gasteiger partial charge in [-0.2, -0.15) is 0 Å². The second kappa shape index (κ2) is 8.83. The van der Waals surface area contributed by atoms with Gasteiger partial charge in [0.25, 0.3) is 0 Å². The molecule has 0 spiro atoms. The molecule has 0 fully saturated rings. The number of para-hydroxylation sites is 2. The third-order valence-corrected chi connectivity index (χ3v) is 3.66. The fourth-order valence-corrected chi connectivity index (χ4v) is 2.36. The molecule has 4 nitrogen and oxygen atoms in total.